The standard InChI is InChI=1S/C27H48N2O4.C23H42N2O2/c1-24(2)20-26(21-25(3,4)28(24)5)23(31)29(19-16-22(30)32-6)27(33-26)17-14-12-10-8-7-9-11-13-15-18-27;1-20(2)17-22(18-21(3,4)25(20)5)19(26)24-23(27-22)15-13-11-9-7-6-8-10-12-14-16-23/h7-21H2,1-6H3;6-18H2,1-5H3,(H,24,26). The molecule has 1 N–H and O–H groups in total. The molecule has 2 saturated carbocycles. The van der Waals surface area contributed by atoms with E-state index < -0.39 is 22.7 Å². The Bertz CT molecular complexity index is 1400. The van der Waals surface area contributed by atoms with Crippen LogP contribution >= 0.6 is 0 Å². The first-order valence-corrected chi connectivity index (χ1v) is 24.7. The van der Waals surface area contributed by atoms with Crippen LogP contribution in [-0.2, 0) is 28.6 Å². The topological polar surface area (TPSA) is 101 Å². The normalized spacial score (nSPS) is 29.4. The van der Waals surface area contributed by atoms with E-state index in [1.807, 2.05) is 4.90 Å². The zero-order chi connectivity index (χ0) is 44.1. The lowest BCUT2D eigenvalue weighted by Gasteiger charge is -2.56. The third-order valence-electron chi connectivity index (χ3n) is 16.2. The summed E-state index contributed by atoms with van der Waals surface area (Å²) in [5.74, 6) is -0.0346. The minimum absolute atomic E-state index is 0.0595. The first-order valence-electron chi connectivity index (χ1n) is 24.7. The van der Waals surface area contributed by atoms with Crippen LogP contribution in [0.4, 0.5) is 0 Å². The Balaban J connectivity index is 0.000000232. The number of likely N-dealkylation sites (tertiary alicyclic amines) is 2. The lowest BCUT2D eigenvalue weighted by molar-refractivity contribution is -0.196. The van der Waals surface area contributed by atoms with Crippen molar-refractivity contribution in [2.75, 3.05) is 27.7 Å². The second-order valence-electron chi connectivity index (χ2n) is 22.8. The van der Waals surface area contributed by atoms with Gasteiger partial charge in [-0.3, -0.25) is 24.2 Å². The van der Waals surface area contributed by atoms with Gasteiger partial charge >= 0.3 is 5.97 Å². The Morgan fingerprint density at radius 3 is 1.28 bits per heavy atom. The molecule has 346 valence electrons. The van der Waals surface area contributed by atoms with Crippen LogP contribution in [0.15, 0.2) is 0 Å². The van der Waals surface area contributed by atoms with Gasteiger partial charge in [0.05, 0.1) is 13.5 Å². The van der Waals surface area contributed by atoms with Gasteiger partial charge in [-0.05, 0) is 121 Å². The molecule has 10 heteroatoms. The minimum atomic E-state index is -0.827. The van der Waals surface area contributed by atoms with Crippen molar-refractivity contribution >= 4 is 17.8 Å². The highest BCUT2D eigenvalue weighted by Gasteiger charge is 2.66. The van der Waals surface area contributed by atoms with Gasteiger partial charge in [0.1, 0.15) is 11.4 Å². The van der Waals surface area contributed by atoms with E-state index in [2.05, 4.69) is 84.6 Å². The van der Waals surface area contributed by atoms with Gasteiger partial charge in [0, 0.05) is 54.4 Å². The predicted molar refractivity (Wildman–Crippen MR) is 241 cm³/mol. The van der Waals surface area contributed by atoms with Crippen LogP contribution in [0.25, 0.3) is 0 Å². The van der Waals surface area contributed by atoms with Crippen LogP contribution in [-0.4, -0.2) is 105 Å². The summed E-state index contributed by atoms with van der Waals surface area (Å²) in [5, 5.41) is 3.39. The summed E-state index contributed by atoms with van der Waals surface area (Å²) >= 11 is 0. The summed E-state index contributed by atoms with van der Waals surface area (Å²) < 4.78 is 18.9. The molecule has 6 fully saturated rings. The average Bonchev–Trinajstić information content (AvgIpc) is 3.52. The Morgan fingerprint density at radius 1 is 0.550 bits per heavy atom. The highest BCUT2D eigenvalue weighted by Crippen LogP contribution is 2.54. The third kappa shape index (κ3) is 11.1. The molecule has 0 unspecified atom stereocenters. The number of amides is 2. The molecular weight excluding hydrogens is 753 g/mol. The van der Waals surface area contributed by atoms with E-state index in [1.165, 1.54) is 97.0 Å². The number of ether oxygens (including phenoxy) is 3. The van der Waals surface area contributed by atoms with Gasteiger partial charge in [0.15, 0.2) is 11.2 Å². The van der Waals surface area contributed by atoms with E-state index in [-0.39, 0.29) is 46.4 Å². The summed E-state index contributed by atoms with van der Waals surface area (Å²) in [5.41, 5.74) is -2.98. The summed E-state index contributed by atoms with van der Waals surface area (Å²) in [6.45, 7) is 18.2. The molecule has 0 atom stereocenters. The van der Waals surface area contributed by atoms with Gasteiger partial charge in [-0.25, -0.2) is 0 Å². The minimum Gasteiger partial charge on any atom is -0.469 e. The highest BCUT2D eigenvalue weighted by atomic mass is 16.6. The van der Waals surface area contributed by atoms with E-state index in [9.17, 15) is 14.4 Å². The van der Waals surface area contributed by atoms with Crippen LogP contribution in [0, 0.1) is 0 Å². The molecule has 0 aromatic rings. The fraction of sp³-hybridized carbons (Fsp3) is 0.940. The lowest BCUT2D eigenvalue weighted by atomic mass is 9.71. The molecule has 10 nitrogen and oxygen atoms in total. The molecule has 2 amide bonds. The average molecular weight is 843 g/mol. The second-order valence-corrected chi connectivity index (χ2v) is 22.8. The number of hydrogen-bond donors (Lipinski definition) is 1. The van der Waals surface area contributed by atoms with Crippen molar-refractivity contribution in [1.82, 2.24) is 20.0 Å². The fourth-order valence-corrected chi connectivity index (χ4v) is 12.7. The molecule has 2 aliphatic carbocycles. The summed E-state index contributed by atoms with van der Waals surface area (Å²) in [4.78, 5) is 46.4. The Hall–Kier alpha value is -1.75. The molecule has 6 rings (SSSR count). The molecule has 0 bridgehead atoms. The summed E-state index contributed by atoms with van der Waals surface area (Å²) in [6, 6.07) is 0. The predicted octanol–water partition coefficient (Wildman–Crippen LogP) is 10.6. The van der Waals surface area contributed by atoms with Gasteiger partial charge in [0.2, 0.25) is 0 Å². The number of nitrogens with one attached hydrogen (secondary N) is 1. The number of esters is 1. The number of methoxy groups -OCH3 is 1. The molecule has 0 radical (unpaired) electrons. The van der Waals surface area contributed by atoms with Crippen molar-refractivity contribution in [2.45, 2.75) is 274 Å². The van der Waals surface area contributed by atoms with E-state index in [0.29, 0.717) is 19.4 Å². The van der Waals surface area contributed by atoms with E-state index in [4.69, 9.17) is 14.2 Å². The summed E-state index contributed by atoms with van der Waals surface area (Å²) in [6.07, 6.45) is 29.3. The van der Waals surface area contributed by atoms with Gasteiger partial charge in [-0.1, -0.05) is 89.9 Å². The largest absolute Gasteiger partial charge is 0.469 e. The molecule has 4 spiro atoms. The zero-order valence-corrected chi connectivity index (χ0v) is 40.6. The van der Waals surface area contributed by atoms with Crippen LogP contribution < -0.4 is 5.32 Å². The third-order valence-corrected chi connectivity index (χ3v) is 16.2. The monoisotopic (exact) mass is 843 g/mol. The molecule has 0 aromatic carbocycles. The maximum absolute atomic E-state index is 14.2. The highest BCUT2D eigenvalue weighted by molar-refractivity contribution is 5.89. The number of nitrogens with zero attached hydrogens (tertiary/aromatic N) is 3. The maximum Gasteiger partial charge on any atom is 0.307 e. The first kappa shape index (κ1) is 49.3. The Kier molecular flexibility index (Phi) is 16.1. The van der Waals surface area contributed by atoms with Crippen LogP contribution in [0.1, 0.15) is 229 Å². The molecule has 6 aliphatic rings. The van der Waals surface area contributed by atoms with Crippen LogP contribution in [0.5, 0.6) is 0 Å². The molecule has 4 heterocycles. The summed E-state index contributed by atoms with van der Waals surface area (Å²) in [7, 11) is 5.76. The first-order chi connectivity index (χ1) is 28.1. The molecule has 60 heavy (non-hydrogen) atoms. The number of hydrogen-bond acceptors (Lipinski definition) is 8. The quantitative estimate of drug-likeness (QED) is 0.281. The molecule has 4 saturated heterocycles. The lowest BCUT2D eigenvalue weighted by Crippen LogP contribution is -2.66. The van der Waals surface area contributed by atoms with Crippen molar-refractivity contribution < 1.29 is 28.6 Å². The maximum atomic E-state index is 14.2. The van der Waals surface area contributed by atoms with Gasteiger partial charge in [-0.2, -0.15) is 0 Å². The SMILES string of the molecule is CN1C(C)(C)CC2(CC1(C)C)OC1(CCCCCCCCCCC1)NC2=O.COC(=O)CCN1C(=O)C2(CC(C)(C)N(C)C(C)(C)C2)OC12CCCCCCCCCCC2. The van der Waals surface area contributed by atoms with Crippen molar-refractivity contribution in [3.63, 3.8) is 0 Å². The second kappa shape index (κ2) is 19.6. The smallest absolute Gasteiger partial charge is 0.307 e. The number of carbonyl (C=O) groups is 3. The van der Waals surface area contributed by atoms with E-state index in [0.717, 1.165) is 64.2 Å². The van der Waals surface area contributed by atoms with Crippen molar-refractivity contribution in [3.8, 4) is 0 Å². The van der Waals surface area contributed by atoms with Crippen LogP contribution in [0.3, 0.4) is 0 Å². The Labute approximate surface area is 366 Å². The van der Waals surface area contributed by atoms with Gasteiger partial charge in [0.25, 0.3) is 11.8 Å². The van der Waals surface area contributed by atoms with Crippen molar-refractivity contribution in [1.29, 1.82) is 0 Å². The zero-order valence-electron chi connectivity index (χ0n) is 40.6. The van der Waals surface area contributed by atoms with E-state index >= 15 is 0 Å². The number of piperidine rings is 2. The van der Waals surface area contributed by atoms with Gasteiger partial charge < -0.3 is 24.4 Å². The van der Waals surface area contributed by atoms with Gasteiger partial charge in [-0.15, -0.1) is 0 Å². The molecule has 4 aliphatic heterocycles. The molecule has 0 aromatic heterocycles. The van der Waals surface area contributed by atoms with E-state index in [1.54, 1.807) is 0 Å². The molecular formula is C50H90N4O6. The van der Waals surface area contributed by atoms with Crippen molar-refractivity contribution in [2.24, 2.45) is 0 Å². The number of carbonyl (C=O) groups excluding carboxylic acids is 3. The number of rotatable bonds is 3. The fourth-order valence-electron chi connectivity index (χ4n) is 12.7. The van der Waals surface area contributed by atoms with Crippen molar-refractivity contribution in [3.05, 3.63) is 0 Å². The Morgan fingerprint density at radius 2 is 0.900 bits per heavy atom. The van der Waals surface area contributed by atoms with Crippen LogP contribution in [0.2, 0.25) is 0 Å².